The molecule has 0 aromatic carbocycles. The van der Waals surface area contributed by atoms with Gasteiger partial charge in [0.05, 0.1) is 12.1 Å². The molecule has 22 heavy (non-hydrogen) atoms. The number of amides is 3. The molecular formula is C14H27ClN4O2S. The number of halogens is 1. The third-order valence-electron chi connectivity index (χ3n) is 3.95. The van der Waals surface area contributed by atoms with Crippen molar-refractivity contribution in [2.24, 2.45) is 0 Å². The van der Waals surface area contributed by atoms with Crippen molar-refractivity contribution >= 4 is 36.1 Å². The molecule has 0 saturated carbocycles. The number of fused-ring (bicyclic) bond motifs is 1. The third-order valence-corrected chi connectivity index (χ3v) is 5.46. The maximum atomic E-state index is 11.6. The summed E-state index contributed by atoms with van der Waals surface area (Å²) in [4.78, 5) is 22.9. The van der Waals surface area contributed by atoms with Crippen molar-refractivity contribution in [2.75, 3.05) is 25.4 Å². The number of thioether (sulfide) groups is 1. The van der Waals surface area contributed by atoms with Crippen LogP contribution in [0.15, 0.2) is 0 Å². The second kappa shape index (κ2) is 10.2. The van der Waals surface area contributed by atoms with Crippen LogP contribution in [0.4, 0.5) is 4.79 Å². The molecule has 128 valence electrons. The molecule has 0 unspecified atom stereocenters. The number of urea groups is 1. The number of hydrogen-bond donors (Lipinski definition) is 4. The molecule has 2 heterocycles. The molecule has 2 saturated heterocycles. The summed E-state index contributed by atoms with van der Waals surface area (Å²) in [6, 6.07) is 0.536. The van der Waals surface area contributed by atoms with Gasteiger partial charge in [-0.25, -0.2) is 4.79 Å². The minimum absolute atomic E-state index is 0. The van der Waals surface area contributed by atoms with Crippen molar-refractivity contribution in [2.45, 2.75) is 49.9 Å². The van der Waals surface area contributed by atoms with Gasteiger partial charge < -0.3 is 21.3 Å². The number of rotatable bonds is 9. The normalized spacial score (nSPS) is 25.9. The summed E-state index contributed by atoms with van der Waals surface area (Å²) in [6.45, 7) is 4.52. The van der Waals surface area contributed by atoms with E-state index >= 15 is 0 Å². The Hall–Kier alpha value is -0.660. The Labute approximate surface area is 142 Å². The molecule has 2 fully saturated rings. The second-order valence-electron chi connectivity index (χ2n) is 5.57. The van der Waals surface area contributed by atoms with Crippen LogP contribution in [-0.4, -0.2) is 54.7 Å². The van der Waals surface area contributed by atoms with Crippen molar-refractivity contribution in [3.05, 3.63) is 0 Å². The monoisotopic (exact) mass is 350 g/mol. The smallest absolute Gasteiger partial charge is 0.315 e. The van der Waals surface area contributed by atoms with Crippen LogP contribution in [0.2, 0.25) is 0 Å². The van der Waals surface area contributed by atoms with Crippen molar-refractivity contribution in [1.82, 2.24) is 21.3 Å². The second-order valence-corrected chi connectivity index (χ2v) is 6.84. The van der Waals surface area contributed by atoms with Gasteiger partial charge in [0, 0.05) is 30.5 Å². The summed E-state index contributed by atoms with van der Waals surface area (Å²) < 4.78 is 0. The molecule has 0 spiro atoms. The Morgan fingerprint density at radius 3 is 2.91 bits per heavy atom. The standard InChI is InChI=1S/C14H26N4O2S.ClH/c1-2-15-7-8-16-12(19)6-4-3-5-11-13-10(9-21-11)17-14(20)18-13;/h10-11,13,15H,2-9H2,1H3,(H,16,19)(H2,17,18,20);1H/t10-,11-,13-;/m0./s1. The first-order valence-corrected chi connectivity index (χ1v) is 8.91. The largest absolute Gasteiger partial charge is 0.355 e. The van der Waals surface area contributed by atoms with E-state index in [0.29, 0.717) is 24.3 Å². The van der Waals surface area contributed by atoms with E-state index in [-0.39, 0.29) is 30.4 Å². The van der Waals surface area contributed by atoms with Crippen LogP contribution < -0.4 is 21.3 Å². The average molecular weight is 351 g/mol. The number of carbonyl (C=O) groups is 2. The highest BCUT2D eigenvalue weighted by molar-refractivity contribution is 8.00. The molecule has 0 aromatic heterocycles. The maximum absolute atomic E-state index is 11.6. The summed E-state index contributed by atoms with van der Waals surface area (Å²) >= 11 is 1.93. The van der Waals surface area contributed by atoms with Gasteiger partial charge in [-0.05, 0) is 19.4 Å². The molecule has 0 aromatic rings. The Bertz CT molecular complexity index is 373. The lowest BCUT2D eigenvalue weighted by atomic mass is 10.0. The van der Waals surface area contributed by atoms with Gasteiger partial charge in [-0.3, -0.25) is 4.79 Å². The lowest BCUT2D eigenvalue weighted by Crippen LogP contribution is -2.36. The van der Waals surface area contributed by atoms with E-state index in [1.165, 1.54) is 0 Å². The first-order valence-electron chi connectivity index (χ1n) is 7.86. The SMILES string of the molecule is CCNCCNC(=O)CCCC[C@@H]1SC[C@@H]2NC(=O)N[C@@H]21.Cl. The molecule has 0 aliphatic carbocycles. The van der Waals surface area contributed by atoms with E-state index in [0.717, 1.165) is 38.1 Å². The van der Waals surface area contributed by atoms with Crippen molar-refractivity contribution in [1.29, 1.82) is 0 Å². The first-order chi connectivity index (χ1) is 10.2. The fourth-order valence-corrected chi connectivity index (χ4v) is 4.37. The first kappa shape index (κ1) is 19.4. The van der Waals surface area contributed by atoms with E-state index in [2.05, 4.69) is 28.2 Å². The maximum Gasteiger partial charge on any atom is 0.315 e. The highest BCUT2D eigenvalue weighted by Gasteiger charge is 2.42. The number of hydrogen-bond acceptors (Lipinski definition) is 4. The van der Waals surface area contributed by atoms with Gasteiger partial charge in [-0.1, -0.05) is 13.3 Å². The van der Waals surface area contributed by atoms with Gasteiger partial charge in [-0.2, -0.15) is 11.8 Å². The third kappa shape index (κ3) is 5.85. The van der Waals surface area contributed by atoms with Crippen LogP contribution in [-0.2, 0) is 4.79 Å². The number of carbonyl (C=O) groups excluding carboxylic acids is 2. The van der Waals surface area contributed by atoms with Crippen LogP contribution in [0, 0.1) is 0 Å². The number of unbranched alkanes of at least 4 members (excludes halogenated alkanes) is 1. The molecule has 2 aliphatic heterocycles. The van der Waals surface area contributed by atoms with Crippen LogP contribution in [0.1, 0.15) is 32.6 Å². The highest BCUT2D eigenvalue weighted by Crippen LogP contribution is 2.33. The zero-order valence-corrected chi connectivity index (χ0v) is 14.7. The van der Waals surface area contributed by atoms with Crippen LogP contribution in [0.25, 0.3) is 0 Å². The quantitative estimate of drug-likeness (QED) is 0.367. The van der Waals surface area contributed by atoms with E-state index in [1.807, 2.05) is 11.8 Å². The van der Waals surface area contributed by atoms with E-state index < -0.39 is 0 Å². The molecule has 8 heteroatoms. The molecule has 3 amide bonds. The summed E-state index contributed by atoms with van der Waals surface area (Å²) in [5, 5.41) is 12.5. The van der Waals surface area contributed by atoms with Crippen molar-refractivity contribution < 1.29 is 9.59 Å². The Balaban J connectivity index is 0.00000242. The van der Waals surface area contributed by atoms with E-state index in [4.69, 9.17) is 0 Å². The minimum atomic E-state index is -0.0321. The minimum Gasteiger partial charge on any atom is -0.355 e. The fraction of sp³-hybridized carbons (Fsp3) is 0.857. The van der Waals surface area contributed by atoms with E-state index in [1.54, 1.807) is 0 Å². The zero-order chi connectivity index (χ0) is 15.1. The number of likely N-dealkylation sites (N-methyl/N-ethyl adjacent to an activating group) is 1. The molecule has 6 nitrogen and oxygen atoms in total. The molecule has 4 N–H and O–H groups in total. The van der Waals surface area contributed by atoms with Crippen molar-refractivity contribution in [3.63, 3.8) is 0 Å². The summed E-state index contributed by atoms with van der Waals surface area (Å²) in [5.41, 5.74) is 0. The topological polar surface area (TPSA) is 82.3 Å². The summed E-state index contributed by atoms with van der Waals surface area (Å²) in [6.07, 6.45) is 3.63. The zero-order valence-electron chi connectivity index (χ0n) is 13.0. The molecular weight excluding hydrogens is 324 g/mol. The fourth-order valence-electron chi connectivity index (χ4n) is 2.83. The van der Waals surface area contributed by atoms with Crippen molar-refractivity contribution in [3.8, 4) is 0 Å². The van der Waals surface area contributed by atoms with Crippen LogP contribution in [0.5, 0.6) is 0 Å². The van der Waals surface area contributed by atoms with Gasteiger partial charge in [0.15, 0.2) is 0 Å². The summed E-state index contributed by atoms with van der Waals surface area (Å²) in [5.74, 6) is 1.14. The predicted molar refractivity (Wildman–Crippen MR) is 92.8 cm³/mol. The Morgan fingerprint density at radius 2 is 2.14 bits per heavy atom. The van der Waals surface area contributed by atoms with E-state index in [9.17, 15) is 9.59 Å². The molecule has 3 atom stereocenters. The van der Waals surface area contributed by atoms with Gasteiger partial charge >= 0.3 is 6.03 Å². The Morgan fingerprint density at radius 1 is 1.32 bits per heavy atom. The summed E-state index contributed by atoms with van der Waals surface area (Å²) in [7, 11) is 0. The molecule has 0 bridgehead atoms. The molecule has 2 aliphatic rings. The molecule has 2 rings (SSSR count). The van der Waals surface area contributed by atoms with Gasteiger partial charge in [0.25, 0.3) is 0 Å². The van der Waals surface area contributed by atoms with Gasteiger partial charge in [0.2, 0.25) is 5.91 Å². The Kier molecular flexibility index (Phi) is 8.97. The van der Waals surface area contributed by atoms with Gasteiger partial charge in [-0.15, -0.1) is 12.4 Å². The van der Waals surface area contributed by atoms with Crippen LogP contribution in [0.3, 0.4) is 0 Å². The average Bonchev–Trinajstić information content (AvgIpc) is 2.99. The van der Waals surface area contributed by atoms with Gasteiger partial charge in [0.1, 0.15) is 0 Å². The highest BCUT2D eigenvalue weighted by atomic mass is 35.5. The number of nitrogens with one attached hydrogen (secondary N) is 4. The predicted octanol–water partition coefficient (Wildman–Crippen LogP) is 0.860. The van der Waals surface area contributed by atoms with Crippen LogP contribution >= 0.6 is 24.2 Å². The lowest BCUT2D eigenvalue weighted by molar-refractivity contribution is -0.121. The molecule has 0 radical (unpaired) electrons. The lowest BCUT2D eigenvalue weighted by Gasteiger charge is -2.16.